The lowest BCUT2D eigenvalue weighted by atomic mass is 9.87. The van der Waals surface area contributed by atoms with Crippen LogP contribution in [0, 0.1) is 0 Å². The summed E-state index contributed by atoms with van der Waals surface area (Å²) < 4.78 is 76.9. The number of Topliss-reactive ketones (excluding diaryl/α,β-unsaturated/α-hetero) is 2. The average molecular weight is 1420 g/mol. The molecule has 0 amide bonds. The third-order valence-corrected chi connectivity index (χ3v) is 15.5. The molecule has 26 nitrogen and oxygen atoms in total. The highest BCUT2D eigenvalue weighted by Crippen LogP contribution is 2.41. The topological polar surface area (TPSA) is 334 Å². The molecular weight excluding hydrogens is 1330 g/mol. The number of benzene rings is 4. The van der Waals surface area contributed by atoms with E-state index in [1.165, 1.54) is 13.8 Å². The lowest BCUT2D eigenvalue weighted by molar-refractivity contribution is -0.155. The number of fused-ring (bicyclic) bond motifs is 8. The molecule has 1 aliphatic rings. The minimum Gasteiger partial charge on any atom is -0.496 e. The number of aryl methyl sites for hydroxylation is 4. The largest absolute Gasteiger partial charge is 0.496 e. The summed E-state index contributed by atoms with van der Waals surface area (Å²) in [4.78, 5) is 146. The van der Waals surface area contributed by atoms with Crippen molar-refractivity contribution in [3.63, 3.8) is 0 Å². The molecule has 0 saturated carbocycles. The fourth-order valence-electron chi connectivity index (χ4n) is 10.9. The Kier molecular flexibility index (Phi) is 33.3. The Balaban J connectivity index is 1.62. The van der Waals surface area contributed by atoms with Crippen molar-refractivity contribution in [2.24, 2.45) is 0 Å². The fourth-order valence-corrected chi connectivity index (χ4v) is 10.9. The van der Waals surface area contributed by atoms with Crippen LogP contribution in [-0.2, 0) is 156 Å². The first-order valence-corrected chi connectivity index (χ1v) is 32.6. The minimum absolute atomic E-state index is 0.0446. The van der Waals surface area contributed by atoms with Gasteiger partial charge < -0.3 is 66.3 Å². The van der Waals surface area contributed by atoms with Crippen LogP contribution >= 0.6 is 0 Å². The van der Waals surface area contributed by atoms with Crippen molar-refractivity contribution < 1.29 is 124 Å². The Morgan fingerprint density at radius 3 is 0.667 bits per heavy atom. The van der Waals surface area contributed by atoms with Gasteiger partial charge in [-0.15, -0.1) is 0 Å². The molecule has 4 aromatic rings. The molecule has 8 bridgehead atoms. The van der Waals surface area contributed by atoms with Gasteiger partial charge in [0.1, 0.15) is 86.7 Å². The molecule has 0 spiro atoms. The van der Waals surface area contributed by atoms with E-state index in [2.05, 4.69) is 35.8 Å². The molecule has 0 aromatic heterocycles. The lowest BCUT2D eigenvalue weighted by Gasteiger charge is -2.23. The first-order valence-electron chi connectivity index (χ1n) is 32.6. The number of methoxy groups -OCH3 is 6. The van der Waals surface area contributed by atoms with Gasteiger partial charge in [-0.05, 0) is 132 Å². The van der Waals surface area contributed by atoms with E-state index in [1.807, 2.05) is 48.5 Å². The summed E-state index contributed by atoms with van der Waals surface area (Å²) in [6.07, 6.45) is 1.57. The van der Waals surface area contributed by atoms with Crippen molar-refractivity contribution in [1.82, 2.24) is 0 Å². The SMILES string of the molecule is C=C(COC(=O)CC(C)=O)C(=O)OCCCc1cc2c(OC)c(c1)Cc1cc(CCCOC(=O)C(=C)COC(=O)CC(=O)OC)cc(c1OC)Cc1cc(CCCOC(=O)C(=C)COC(=O)CC(=O)OC)cc(c1OC)Cc1cc(CCCOC(=O)C(=C)COC(=O)CC(C)=O)cc(c1OC)C2. The van der Waals surface area contributed by atoms with Crippen LogP contribution in [0.5, 0.6) is 23.0 Å². The van der Waals surface area contributed by atoms with E-state index in [1.54, 1.807) is 28.4 Å². The van der Waals surface area contributed by atoms with Gasteiger partial charge in [-0.1, -0.05) is 74.8 Å². The number of hydrogen-bond donors (Lipinski definition) is 0. The summed E-state index contributed by atoms with van der Waals surface area (Å²) in [6.45, 7) is 15.1. The molecule has 26 heteroatoms. The summed E-state index contributed by atoms with van der Waals surface area (Å²) in [7, 11) is 8.53. The van der Waals surface area contributed by atoms with Crippen LogP contribution in [0.2, 0.25) is 0 Å². The third-order valence-electron chi connectivity index (χ3n) is 15.5. The van der Waals surface area contributed by atoms with Crippen LogP contribution < -0.4 is 18.9 Å². The normalized spacial score (nSPS) is 11.2. The molecular formula is C76H88O26. The van der Waals surface area contributed by atoms with Crippen LogP contribution in [0.3, 0.4) is 0 Å². The summed E-state index contributed by atoms with van der Waals surface area (Å²) in [5, 5.41) is 0. The maximum Gasteiger partial charge on any atom is 0.336 e. The van der Waals surface area contributed by atoms with Crippen LogP contribution in [0.15, 0.2) is 97.1 Å². The Morgan fingerprint density at radius 1 is 0.294 bits per heavy atom. The van der Waals surface area contributed by atoms with Crippen LogP contribution in [-0.4, -0.2) is 167 Å². The van der Waals surface area contributed by atoms with E-state index in [9.17, 15) is 57.5 Å². The quantitative estimate of drug-likeness (QED) is 0.0119. The van der Waals surface area contributed by atoms with E-state index in [-0.39, 0.29) is 74.4 Å². The molecule has 0 N–H and O–H groups in total. The molecule has 4 aromatic carbocycles. The van der Waals surface area contributed by atoms with Gasteiger partial charge >= 0.3 is 59.7 Å². The molecule has 0 saturated heterocycles. The van der Waals surface area contributed by atoms with Gasteiger partial charge in [-0.3, -0.25) is 38.4 Å². The predicted molar refractivity (Wildman–Crippen MR) is 365 cm³/mol. The van der Waals surface area contributed by atoms with Crippen molar-refractivity contribution in [3.8, 4) is 23.0 Å². The number of esters is 10. The first kappa shape index (κ1) is 81.8. The predicted octanol–water partition coefficient (Wildman–Crippen LogP) is 7.78. The highest BCUT2D eigenvalue weighted by molar-refractivity contribution is 5.96. The van der Waals surface area contributed by atoms with E-state index in [0.29, 0.717) is 74.4 Å². The average Bonchev–Trinajstić information content (AvgIpc) is 0.777. The highest BCUT2D eigenvalue weighted by atomic mass is 16.6. The number of hydrogen-bond acceptors (Lipinski definition) is 26. The van der Waals surface area contributed by atoms with E-state index < -0.39 is 123 Å². The number of rotatable bonds is 40. The summed E-state index contributed by atoms with van der Waals surface area (Å²) in [6, 6.07) is 16.0. The Hall–Kier alpha value is -10.9. The van der Waals surface area contributed by atoms with Gasteiger partial charge in [0.25, 0.3) is 0 Å². The number of ketones is 2. The number of carbonyl (C=O) groups excluding carboxylic acids is 12. The number of carbonyl (C=O) groups is 12. The maximum atomic E-state index is 13.0. The van der Waals surface area contributed by atoms with Crippen LogP contribution in [0.1, 0.15) is 132 Å². The summed E-state index contributed by atoms with van der Waals surface area (Å²) in [5.41, 5.74) is 8.74. The zero-order valence-electron chi connectivity index (χ0n) is 59.0. The smallest absolute Gasteiger partial charge is 0.336 e. The highest BCUT2D eigenvalue weighted by Gasteiger charge is 2.26. The molecule has 1 aliphatic carbocycles. The van der Waals surface area contributed by atoms with E-state index in [0.717, 1.165) is 81.0 Å². The van der Waals surface area contributed by atoms with E-state index >= 15 is 0 Å². The van der Waals surface area contributed by atoms with Crippen LogP contribution in [0.25, 0.3) is 0 Å². The molecule has 102 heavy (non-hydrogen) atoms. The van der Waals surface area contributed by atoms with Crippen molar-refractivity contribution in [2.75, 3.05) is 95.5 Å². The van der Waals surface area contributed by atoms with E-state index in [4.69, 9.17) is 56.8 Å². The zero-order chi connectivity index (χ0) is 75.0. The molecule has 5 rings (SSSR count). The zero-order valence-corrected chi connectivity index (χ0v) is 59.0. The Morgan fingerprint density at radius 2 is 0.490 bits per heavy atom. The van der Waals surface area contributed by atoms with Gasteiger partial charge in [0.15, 0.2) is 0 Å². The van der Waals surface area contributed by atoms with Gasteiger partial charge in [-0.2, -0.15) is 0 Å². The van der Waals surface area contributed by atoms with Crippen molar-refractivity contribution in [2.45, 2.75) is 117 Å². The second-order valence-electron chi connectivity index (χ2n) is 23.8. The standard InChI is InChI=1S/C76H88O26/c1-45(41-99-65(81)25-49(5)77)73(85)95-21-13-17-51-27-55-35-56-28-52(18-14-22-96-74(86)46(2)42-100-66(82)26-50(6)78)30-58(70(56)92-10)37-60-32-54(20-16-24-98-76(88)48(4)44-102-68(84)40-64(80)90-8)34-62(72(60)94-12)38-61-33-53(31-59(71(61)93-11)36-57(29-51)69(55)91-9)19-15-23-97-75(87)47(3)43-101-67(83)39-63(79)89-7/h27-34H,1-4,13-26,35-44H2,5-12H3. The second-order valence-corrected chi connectivity index (χ2v) is 23.8. The molecule has 0 heterocycles. The van der Waals surface area contributed by atoms with Gasteiger partial charge in [0.05, 0.1) is 91.4 Å². The fraction of sp³-hybridized carbons (Fsp3) is 0.421. The lowest BCUT2D eigenvalue weighted by Crippen LogP contribution is -2.17. The Bertz CT molecular complexity index is 3590. The first-order chi connectivity index (χ1) is 48.7. The van der Waals surface area contributed by atoms with Crippen molar-refractivity contribution in [3.05, 3.63) is 164 Å². The second kappa shape index (κ2) is 41.6. The molecule has 0 radical (unpaired) electrons. The third kappa shape index (κ3) is 26.6. The minimum atomic E-state index is -0.909. The molecule has 0 unspecified atom stereocenters. The Labute approximate surface area is 591 Å². The summed E-state index contributed by atoms with van der Waals surface area (Å²) >= 11 is 0. The number of ether oxygens (including phenoxy) is 14. The molecule has 0 aliphatic heterocycles. The van der Waals surface area contributed by atoms with Crippen molar-refractivity contribution in [1.29, 1.82) is 0 Å². The monoisotopic (exact) mass is 1420 g/mol. The van der Waals surface area contributed by atoms with Crippen molar-refractivity contribution >= 4 is 71.3 Å². The molecule has 0 atom stereocenters. The van der Waals surface area contributed by atoms with Gasteiger partial charge in [0, 0.05) is 25.7 Å². The van der Waals surface area contributed by atoms with Crippen LogP contribution in [0.4, 0.5) is 0 Å². The maximum absolute atomic E-state index is 13.0. The molecule has 0 fully saturated rings. The van der Waals surface area contributed by atoms with Gasteiger partial charge in [-0.25, -0.2) is 19.2 Å². The molecule has 548 valence electrons. The summed E-state index contributed by atoms with van der Waals surface area (Å²) in [5.74, 6) is -6.86. The van der Waals surface area contributed by atoms with Gasteiger partial charge in [0.2, 0.25) is 0 Å².